The van der Waals surface area contributed by atoms with Gasteiger partial charge in [-0.15, -0.1) is 11.3 Å². The van der Waals surface area contributed by atoms with Gasteiger partial charge in [0.1, 0.15) is 28.0 Å². The topological polar surface area (TPSA) is 79.4 Å². The average molecular weight is 435 g/mol. The zero-order chi connectivity index (χ0) is 20.9. The van der Waals surface area contributed by atoms with Gasteiger partial charge < -0.3 is 10.3 Å². The number of anilines is 1. The molecule has 0 radical (unpaired) electrons. The van der Waals surface area contributed by atoms with Crippen LogP contribution in [-0.4, -0.2) is 31.0 Å². The normalized spacial score (nSPS) is 25.2. The molecule has 4 aromatic heterocycles. The van der Waals surface area contributed by atoms with Crippen LogP contribution < -0.4 is 5.32 Å². The summed E-state index contributed by atoms with van der Waals surface area (Å²) < 4.78 is 13.9. The lowest BCUT2D eigenvalue weighted by molar-refractivity contribution is 0.0928. The van der Waals surface area contributed by atoms with Crippen LogP contribution in [0, 0.1) is 23.6 Å². The molecule has 7 rings (SSSR count). The number of halogens is 1. The molecule has 3 aliphatic carbocycles. The van der Waals surface area contributed by atoms with E-state index >= 15 is 0 Å². The summed E-state index contributed by atoms with van der Waals surface area (Å²) in [6.07, 6.45) is 10.1. The van der Waals surface area contributed by atoms with Gasteiger partial charge in [0.05, 0.1) is 6.20 Å². The molecule has 0 aromatic carbocycles. The lowest BCUT2D eigenvalue weighted by Crippen LogP contribution is -2.47. The van der Waals surface area contributed by atoms with Crippen LogP contribution in [0.25, 0.3) is 33.1 Å². The van der Waals surface area contributed by atoms with Crippen molar-refractivity contribution in [3.05, 3.63) is 41.9 Å². The third-order valence-corrected chi connectivity index (χ3v) is 7.86. The van der Waals surface area contributed by atoms with E-state index in [0.29, 0.717) is 34.7 Å². The largest absolute Gasteiger partial charge is 0.367 e. The Labute approximate surface area is 183 Å². The fraction of sp³-hybridized carbons (Fsp3) is 0.391. The van der Waals surface area contributed by atoms with Gasteiger partial charge in [-0.1, -0.05) is 6.92 Å². The molecule has 31 heavy (non-hydrogen) atoms. The van der Waals surface area contributed by atoms with E-state index in [9.17, 15) is 4.39 Å². The first-order chi connectivity index (χ1) is 15.2. The second kappa shape index (κ2) is 7.37. The Morgan fingerprint density at radius 1 is 1.10 bits per heavy atom. The molecule has 3 fully saturated rings. The first kappa shape index (κ1) is 18.9. The summed E-state index contributed by atoms with van der Waals surface area (Å²) in [5.41, 5.74) is 2.13. The fourth-order valence-corrected chi connectivity index (χ4v) is 6.03. The lowest BCUT2D eigenvalue weighted by atomic mass is 9.62. The molecule has 4 heterocycles. The predicted molar refractivity (Wildman–Crippen MR) is 120 cm³/mol. The zero-order valence-electron chi connectivity index (χ0n) is 17.2. The summed E-state index contributed by atoms with van der Waals surface area (Å²) in [5.74, 6) is 3.08. The Kier molecular flexibility index (Phi) is 4.49. The van der Waals surface area contributed by atoms with E-state index in [-0.39, 0.29) is 5.82 Å². The van der Waals surface area contributed by atoms with Crippen LogP contribution in [0.2, 0.25) is 0 Å². The van der Waals surface area contributed by atoms with Gasteiger partial charge in [-0.3, -0.25) is 0 Å². The molecular formula is C23H23FN6S. The van der Waals surface area contributed by atoms with Crippen molar-refractivity contribution in [3.8, 4) is 22.1 Å². The predicted octanol–water partition coefficient (Wildman–Crippen LogP) is 5.52. The molecule has 4 aromatic rings. The molecule has 0 spiro atoms. The third-order valence-electron chi connectivity index (χ3n) is 7.07. The van der Waals surface area contributed by atoms with Crippen molar-refractivity contribution in [3.63, 3.8) is 0 Å². The molecular weight excluding hydrogens is 411 g/mol. The molecule has 158 valence electrons. The Balaban J connectivity index is 1.44. The lowest BCUT2D eigenvalue weighted by Gasteiger charge is -2.47. The van der Waals surface area contributed by atoms with Crippen molar-refractivity contribution in [1.82, 2.24) is 24.9 Å². The number of hydrogen-bond acceptors (Lipinski definition) is 6. The Hall–Kier alpha value is -2.87. The van der Waals surface area contributed by atoms with Gasteiger partial charge in [0.2, 0.25) is 0 Å². The smallest absolute Gasteiger partial charge is 0.164 e. The van der Waals surface area contributed by atoms with E-state index in [0.717, 1.165) is 28.0 Å². The summed E-state index contributed by atoms with van der Waals surface area (Å²) in [7, 11) is 0. The maximum atomic E-state index is 13.9. The molecule has 2 atom stereocenters. The highest BCUT2D eigenvalue weighted by molar-refractivity contribution is 7.13. The molecule has 2 bridgehead atoms. The molecule has 3 saturated carbocycles. The van der Waals surface area contributed by atoms with Crippen LogP contribution in [0.3, 0.4) is 0 Å². The first-order valence-corrected chi connectivity index (χ1v) is 11.7. The molecule has 0 amide bonds. The molecule has 3 aliphatic rings. The minimum Gasteiger partial charge on any atom is -0.367 e. The molecule has 0 aliphatic heterocycles. The maximum absolute atomic E-state index is 13.9. The molecule has 0 saturated heterocycles. The van der Waals surface area contributed by atoms with E-state index in [1.807, 2.05) is 11.4 Å². The number of hydrogen-bond donors (Lipinski definition) is 2. The van der Waals surface area contributed by atoms with Crippen molar-refractivity contribution >= 4 is 28.2 Å². The van der Waals surface area contributed by atoms with Gasteiger partial charge in [-0.2, -0.15) is 0 Å². The van der Waals surface area contributed by atoms with Crippen molar-refractivity contribution in [2.75, 3.05) is 5.32 Å². The highest BCUT2D eigenvalue weighted by Gasteiger charge is 2.41. The van der Waals surface area contributed by atoms with Crippen LogP contribution in [0.4, 0.5) is 10.2 Å². The number of rotatable bonds is 4. The highest BCUT2D eigenvalue weighted by atomic mass is 32.1. The number of aromatic amines is 1. The van der Waals surface area contributed by atoms with Crippen molar-refractivity contribution < 1.29 is 4.39 Å². The number of nitrogens with one attached hydrogen (secondary N) is 2. The zero-order valence-corrected chi connectivity index (χ0v) is 18.0. The first-order valence-electron chi connectivity index (χ1n) is 10.8. The van der Waals surface area contributed by atoms with E-state index in [1.54, 1.807) is 23.7 Å². The van der Waals surface area contributed by atoms with Gasteiger partial charge in [0.25, 0.3) is 0 Å². The van der Waals surface area contributed by atoms with E-state index in [2.05, 4.69) is 27.2 Å². The van der Waals surface area contributed by atoms with Gasteiger partial charge in [0.15, 0.2) is 5.82 Å². The summed E-state index contributed by atoms with van der Waals surface area (Å²) in [6, 6.07) is 3.88. The van der Waals surface area contributed by atoms with Gasteiger partial charge in [-0.05, 0) is 49.5 Å². The Morgan fingerprint density at radius 2 is 1.94 bits per heavy atom. The summed E-state index contributed by atoms with van der Waals surface area (Å²) in [6.45, 7) is 2.37. The van der Waals surface area contributed by atoms with Crippen LogP contribution in [0.1, 0.15) is 32.6 Å². The molecule has 6 nitrogen and oxygen atoms in total. The number of H-pyrrole nitrogens is 1. The molecule has 8 heteroatoms. The monoisotopic (exact) mass is 434 g/mol. The average Bonchev–Trinajstić information content (AvgIpc) is 3.46. The van der Waals surface area contributed by atoms with Crippen molar-refractivity contribution in [2.24, 2.45) is 17.8 Å². The number of thiazole rings is 1. The minimum absolute atomic E-state index is 0.380. The number of pyridine rings is 1. The highest BCUT2D eigenvalue weighted by Crippen LogP contribution is 2.46. The Morgan fingerprint density at radius 3 is 2.71 bits per heavy atom. The van der Waals surface area contributed by atoms with E-state index in [4.69, 9.17) is 9.97 Å². The van der Waals surface area contributed by atoms with Crippen LogP contribution >= 0.6 is 11.3 Å². The molecule has 2 unspecified atom stereocenters. The van der Waals surface area contributed by atoms with E-state index in [1.165, 1.54) is 37.9 Å². The van der Waals surface area contributed by atoms with Gasteiger partial charge >= 0.3 is 0 Å². The van der Waals surface area contributed by atoms with Gasteiger partial charge in [0, 0.05) is 40.8 Å². The van der Waals surface area contributed by atoms with E-state index < -0.39 is 0 Å². The minimum atomic E-state index is -0.380. The van der Waals surface area contributed by atoms with Gasteiger partial charge in [-0.25, -0.2) is 24.3 Å². The second-order valence-corrected chi connectivity index (χ2v) is 9.65. The van der Waals surface area contributed by atoms with Crippen molar-refractivity contribution in [2.45, 2.75) is 38.6 Å². The second-order valence-electron chi connectivity index (χ2n) is 8.76. The fourth-order valence-electron chi connectivity index (χ4n) is 5.44. The molecule has 2 N–H and O–H groups in total. The number of nitrogens with zero attached hydrogens (tertiary/aromatic N) is 4. The van der Waals surface area contributed by atoms with Crippen LogP contribution in [0.5, 0.6) is 0 Å². The third kappa shape index (κ3) is 3.29. The summed E-state index contributed by atoms with van der Waals surface area (Å²) in [4.78, 5) is 21.3. The van der Waals surface area contributed by atoms with Crippen molar-refractivity contribution in [1.29, 1.82) is 0 Å². The van der Waals surface area contributed by atoms with Crippen LogP contribution in [0.15, 0.2) is 36.1 Å². The number of fused-ring (bicyclic) bond motifs is 4. The standard InChI is InChI=1S/C23H23FN6S/c1-12-13-2-4-14(5-3-13)20(12)29-19-9-18(23-25-6-7-31-23)28-22(30-19)17-11-27-21-16(17)8-15(24)10-26-21/h6-14,20H,2-5H2,1H3,(H,26,27)(H,28,29,30). The summed E-state index contributed by atoms with van der Waals surface area (Å²) >= 11 is 1.55. The summed E-state index contributed by atoms with van der Waals surface area (Å²) in [5, 5.41) is 7.21. The maximum Gasteiger partial charge on any atom is 0.164 e. The Bertz CT molecular complexity index is 1230. The van der Waals surface area contributed by atoms with Crippen LogP contribution in [-0.2, 0) is 0 Å². The number of aromatic nitrogens is 5. The SMILES string of the molecule is CC1C2CCC(CC2)C1Nc1cc(-c2nccs2)nc(-c2c[nH]c3ncc(F)cc23)n1. The quantitative estimate of drug-likeness (QED) is 0.442.